The molecule has 0 aliphatic rings. The summed E-state index contributed by atoms with van der Waals surface area (Å²) in [5.41, 5.74) is 6.07. The van der Waals surface area contributed by atoms with E-state index in [1.54, 1.807) is 19.1 Å². The number of aromatic nitrogens is 6. The molecule has 0 aliphatic carbocycles. The highest BCUT2D eigenvalue weighted by atomic mass is 19.3. The van der Waals surface area contributed by atoms with Gasteiger partial charge in [-0.2, -0.15) is 20.0 Å². The van der Waals surface area contributed by atoms with E-state index in [1.807, 2.05) is 0 Å². The van der Waals surface area contributed by atoms with Crippen LogP contribution in [0.4, 0.5) is 14.6 Å². The predicted octanol–water partition coefficient (Wildman–Crippen LogP) is 1.37. The summed E-state index contributed by atoms with van der Waals surface area (Å²) in [7, 11) is 0. The van der Waals surface area contributed by atoms with Gasteiger partial charge in [-0.3, -0.25) is 5.10 Å². The molecule has 3 N–H and O–H groups in total. The van der Waals surface area contributed by atoms with Crippen LogP contribution >= 0.6 is 0 Å². The molecule has 0 saturated carbocycles. The molecule has 0 aromatic carbocycles. The first-order valence-corrected chi connectivity index (χ1v) is 5.39. The second-order valence-corrected chi connectivity index (χ2v) is 3.97. The number of fused-ring (bicyclic) bond motifs is 1. The van der Waals surface area contributed by atoms with Crippen LogP contribution in [-0.4, -0.2) is 30.2 Å². The van der Waals surface area contributed by atoms with E-state index in [2.05, 4.69) is 25.5 Å². The molecule has 0 fully saturated rings. The summed E-state index contributed by atoms with van der Waals surface area (Å²) >= 11 is 0. The normalized spacial score (nSPS) is 11.6. The zero-order valence-corrected chi connectivity index (χ0v) is 9.80. The molecule has 9 heteroatoms. The van der Waals surface area contributed by atoms with Gasteiger partial charge in [-0.25, -0.2) is 8.78 Å². The topological polar surface area (TPSA) is 98.3 Å². The molecular formula is C10H9F2N7. The van der Waals surface area contributed by atoms with E-state index in [1.165, 1.54) is 4.68 Å². The highest BCUT2D eigenvalue weighted by Crippen LogP contribution is 2.30. The fraction of sp³-hybridized carbons (Fsp3) is 0.200. The first kappa shape index (κ1) is 11.5. The molecule has 0 aliphatic heterocycles. The smallest absolute Gasteiger partial charge is 0.282 e. The standard InChI is InChI=1S/C10H9F2N7/c1-4-2-3-5(15-14-4)19-10-6(9(13)16-17-10)7(18-19)8(11)12/h2-3,8H,1H3,(H3,13,16,17). The van der Waals surface area contributed by atoms with Gasteiger partial charge < -0.3 is 5.73 Å². The Morgan fingerprint density at radius 1 is 1.32 bits per heavy atom. The number of aromatic amines is 1. The highest BCUT2D eigenvalue weighted by Gasteiger charge is 2.24. The van der Waals surface area contributed by atoms with E-state index in [0.29, 0.717) is 11.5 Å². The van der Waals surface area contributed by atoms with Gasteiger partial charge in [0.25, 0.3) is 6.43 Å². The van der Waals surface area contributed by atoms with Crippen LogP contribution < -0.4 is 5.73 Å². The maximum absolute atomic E-state index is 12.9. The van der Waals surface area contributed by atoms with Crippen molar-refractivity contribution in [3.63, 3.8) is 0 Å². The van der Waals surface area contributed by atoms with E-state index < -0.39 is 12.1 Å². The fourth-order valence-electron chi connectivity index (χ4n) is 1.77. The van der Waals surface area contributed by atoms with E-state index in [9.17, 15) is 8.78 Å². The van der Waals surface area contributed by atoms with Crippen LogP contribution in [0.15, 0.2) is 12.1 Å². The van der Waals surface area contributed by atoms with Crippen LogP contribution in [0.2, 0.25) is 0 Å². The quantitative estimate of drug-likeness (QED) is 0.729. The SMILES string of the molecule is Cc1ccc(-n2nc(C(F)F)c3c(N)[nH]nc32)nn1. The van der Waals surface area contributed by atoms with E-state index in [-0.39, 0.29) is 16.9 Å². The van der Waals surface area contributed by atoms with Crippen LogP contribution in [0.5, 0.6) is 0 Å². The second kappa shape index (κ2) is 3.97. The fourth-order valence-corrected chi connectivity index (χ4v) is 1.77. The van der Waals surface area contributed by atoms with Crippen molar-refractivity contribution in [1.82, 2.24) is 30.2 Å². The van der Waals surface area contributed by atoms with Gasteiger partial charge >= 0.3 is 0 Å². The lowest BCUT2D eigenvalue weighted by atomic mass is 10.3. The summed E-state index contributed by atoms with van der Waals surface area (Å²) in [6.07, 6.45) is -2.75. The van der Waals surface area contributed by atoms with Gasteiger partial charge in [0.05, 0.1) is 11.1 Å². The summed E-state index contributed by atoms with van der Waals surface area (Å²) in [5.74, 6) is 0.352. The Morgan fingerprint density at radius 3 is 2.74 bits per heavy atom. The lowest BCUT2D eigenvalue weighted by Crippen LogP contribution is -2.03. The number of alkyl halides is 2. The molecule has 0 saturated heterocycles. The molecule has 0 amide bonds. The predicted molar refractivity (Wildman–Crippen MR) is 62.9 cm³/mol. The zero-order chi connectivity index (χ0) is 13.6. The van der Waals surface area contributed by atoms with Gasteiger partial charge in [0.2, 0.25) is 0 Å². The van der Waals surface area contributed by atoms with Crippen LogP contribution in [0, 0.1) is 6.92 Å². The monoisotopic (exact) mass is 265 g/mol. The molecule has 0 unspecified atom stereocenters. The van der Waals surface area contributed by atoms with Crippen molar-refractivity contribution in [3.05, 3.63) is 23.5 Å². The second-order valence-electron chi connectivity index (χ2n) is 3.97. The first-order valence-electron chi connectivity index (χ1n) is 5.39. The minimum atomic E-state index is -2.75. The molecule has 19 heavy (non-hydrogen) atoms. The van der Waals surface area contributed by atoms with E-state index in [0.717, 1.165) is 0 Å². The molecule has 0 spiro atoms. The Morgan fingerprint density at radius 2 is 2.11 bits per heavy atom. The largest absolute Gasteiger partial charge is 0.383 e. The van der Waals surface area contributed by atoms with Crippen molar-refractivity contribution in [2.75, 3.05) is 5.73 Å². The minimum Gasteiger partial charge on any atom is -0.383 e. The van der Waals surface area contributed by atoms with Crippen molar-refractivity contribution in [2.45, 2.75) is 13.3 Å². The van der Waals surface area contributed by atoms with Crippen molar-refractivity contribution in [2.24, 2.45) is 0 Å². The molecule has 98 valence electrons. The molecule has 7 nitrogen and oxygen atoms in total. The van der Waals surface area contributed by atoms with Crippen LogP contribution in [-0.2, 0) is 0 Å². The summed E-state index contributed by atoms with van der Waals surface area (Å²) < 4.78 is 27.1. The Labute approximate surface area is 105 Å². The number of H-pyrrole nitrogens is 1. The van der Waals surface area contributed by atoms with Crippen molar-refractivity contribution in [1.29, 1.82) is 0 Å². The number of nitrogens with one attached hydrogen (secondary N) is 1. The molecule has 0 atom stereocenters. The number of nitrogen functional groups attached to an aromatic ring is 1. The van der Waals surface area contributed by atoms with Crippen LogP contribution in [0.25, 0.3) is 16.9 Å². The Balaban J connectivity index is 2.27. The van der Waals surface area contributed by atoms with Crippen LogP contribution in [0.3, 0.4) is 0 Å². The number of nitrogens with two attached hydrogens (primary N) is 1. The van der Waals surface area contributed by atoms with Gasteiger partial charge in [0.15, 0.2) is 11.5 Å². The van der Waals surface area contributed by atoms with Crippen molar-refractivity contribution in [3.8, 4) is 5.82 Å². The van der Waals surface area contributed by atoms with Gasteiger partial charge in [-0.15, -0.1) is 5.10 Å². The third kappa shape index (κ3) is 1.70. The Bertz CT molecular complexity index is 728. The molecule has 3 aromatic heterocycles. The number of nitrogens with zero attached hydrogens (tertiary/aromatic N) is 5. The van der Waals surface area contributed by atoms with Crippen molar-refractivity contribution < 1.29 is 8.78 Å². The van der Waals surface area contributed by atoms with E-state index in [4.69, 9.17) is 5.73 Å². The summed E-state index contributed by atoms with van der Waals surface area (Å²) in [6.45, 7) is 1.77. The minimum absolute atomic E-state index is 0.0524. The van der Waals surface area contributed by atoms with Gasteiger partial charge in [-0.1, -0.05) is 0 Å². The summed E-state index contributed by atoms with van der Waals surface area (Å²) in [5, 5.41) is 18.0. The number of aryl methyl sites for hydroxylation is 1. The molecule has 3 heterocycles. The summed E-state index contributed by atoms with van der Waals surface area (Å²) in [6, 6.07) is 3.32. The Hall–Kier alpha value is -2.58. The lowest BCUT2D eigenvalue weighted by molar-refractivity contribution is 0.147. The average Bonchev–Trinajstić information content (AvgIpc) is 2.92. The van der Waals surface area contributed by atoms with Gasteiger partial charge in [0, 0.05) is 0 Å². The number of rotatable bonds is 2. The van der Waals surface area contributed by atoms with Crippen molar-refractivity contribution >= 4 is 16.9 Å². The molecule has 3 rings (SSSR count). The third-order valence-electron chi connectivity index (χ3n) is 2.65. The number of anilines is 1. The Kier molecular flexibility index (Phi) is 2.40. The maximum atomic E-state index is 12.9. The molecule has 0 bridgehead atoms. The van der Waals surface area contributed by atoms with E-state index >= 15 is 0 Å². The third-order valence-corrected chi connectivity index (χ3v) is 2.65. The lowest BCUT2D eigenvalue weighted by Gasteiger charge is -1.99. The number of hydrogen-bond donors (Lipinski definition) is 2. The average molecular weight is 265 g/mol. The highest BCUT2D eigenvalue weighted by molar-refractivity contribution is 5.89. The molecule has 3 aromatic rings. The number of halogens is 2. The summed E-state index contributed by atoms with van der Waals surface area (Å²) in [4.78, 5) is 0. The van der Waals surface area contributed by atoms with Crippen LogP contribution in [0.1, 0.15) is 17.8 Å². The number of hydrogen-bond acceptors (Lipinski definition) is 5. The van der Waals surface area contributed by atoms with Gasteiger partial charge in [-0.05, 0) is 19.1 Å². The molecular weight excluding hydrogens is 256 g/mol. The zero-order valence-electron chi connectivity index (χ0n) is 9.80. The first-order chi connectivity index (χ1) is 9.08. The maximum Gasteiger partial charge on any atom is 0.282 e. The van der Waals surface area contributed by atoms with Gasteiger partial charge in [0.1, 0.15) is 11.5 Å². The molecule has 0 radical (unpaired) electrons.